The summed E-state index contributed by atoms with van der Waals surface area (Å²) < 4.78 is 16.2. The summed E-state index contributed by atoms with van der Waals surface area (Å²) in [5, 5.41) is 3.09. The van der Waals surface area contributed by atoms with Gasteiger partial charge >= 0.3 is 5.97 Å². The molecule has 0 fully saturated rings. The van der Waals surface area contributed by atoms with Crippen LogP contribution in [-0.4, -0.2) is 30.7 Å². The highest BCUT2D eigenvalue weighted by molar-refractivity contribution is 6.44. The van der Waals surface area contributed by atoms with Crippen LogP contribution in [0.2, 0.25) is 10.0 Å². The normalized spacial score (nSPS) is 16.5. The molecule has 0 spiro atoms. The van der Waals surface area contributed by atoms with Crippen LogP contribution in [0.5, 0.6) is 11.5 Å². The minimum absolute atomic E-state index is 0.00427. The van der Waals surface area contributed by atoms with E-state index in [0.717, 1.165) is 0 Å². The van der Waals surface area contributed by atoms with E-state index in [1.165, 1.54) is 6.92 Å². The molecule has 0 bridgehead atoms. The van der Waals surface area contributed by atoms with Crippen molar-refractivity contribution in [3.05, 3.63) is 52.5 Å². The molecule has 3 rings (SSSR count). The van der Waals surface area contributed by atoms with Crippen LogP contribution >= 0.6 is 23.2 Å². The first-order valence-corrected chi connectivity index (χ1v) is 8.55. The molecule has 0 radical (unpaired) electrons. The van der Waals surface area contributed by atoms with Gasteiger partial charge < -0.3 is 19.5 Å². The Kier molecular flexibility index (Phi) is 5.54. The fourth-order valence-corrected chi connectivity index (χ4v) is 2.62. The lowest BCUT2D eigenvalue weighted by molar-refractivity contribution is -0.162. The van der Waals surface area contributed by atoms with Gasteiger partial charge in [-0.1, -0.05) is 41.4 Å². The van der Waals surface area contributed by atoms with Gasteiger partial charge in [-0.05, 0) is 31.2 Å². The summed E-state index contributed by atoms with van der Waals surface area (Å²) in [4.78, 5) is 24.5. The molecule has 0 aliphatic carbocycles. The third kappa shape index (κ3) is 4.03. The Balaban J connectivity index is 1.59. The molecule has 8 heteroatoms. The SMILES string of the molecule is CC(OC(=O)C1COc2ccccc2O1)C(=O)Nc1cccc(Cl)c1Cl. The van der Waals surface area contributed by atoms with Crippen LogP contribution in [0.4, 0.5) is 5.69 Å². The molecule has 2 aromatic rings. The molecule has 2 atom stereocenters. The smallest absolute Gasteiger partial charge is 0.351 e. The van der Waals surface area contributed by atoms with E-state index in [9.17, 15) is 9.59 Å². The summed E-state index contributed by atoms with van der Waals surface area (Å²) >= 11 is 11.9. The van der Waals surface area contributed by atoms with Crippen molar-refractivity contribution in [3.63, 3.8) is 0 Å². The van der Waals surface area contributed by atoms with E-state index in [-0.39, 0.29) is 11.6 Å². The quantitative estimate of drug-likeness (QED) is 0.798. The summed E-state index contributed by atoms with van der Waals surface area (Å²) in [6.45, 7) is 1.45. The minimum atomic E-state index is -1.06. The van der Waals surface area contributed by atoms with Crippen molar-refractivity contribution in [2.24, 2.45) is 0 Å². The van der Waals surface area contributed by atoms with Gasteiger partial charge in [0, 0.05) is 0 Å². The number of halogens is 2. The van der Waals surface area contributed by atoms with E-state index in [2.05, 4.69) is 5.32 Å². The van der Waals surface area contributed by atoms with Crippen LogP contribution in [0.1, 0.15) is 6.92 Å². The monoisotopic (exact) mass is 395 g/mol. The molecule has 26 heavy (non-hydrogen) atoms. The second-order valence-electron chi connectivity index (χ2n) is 5.53. The van der Waals surface area contributed by atoms with Crippen LogP contribution in [0, 0.1) is 0 Å². The molecule has 0 saturated carbocycles. The lowest BCUT2D eigenvalue weighted by atomic mass is 10.2. The molecular weight excluding hydrogens is 381 g/mol. The average molecular weight is 396 g/mol. The molecule has 1 aliphatic rings. The van der Waals surface area contributed by atoms with Crippen molar-refractivity contribution in [3.8, 4) is 11.5 Å². The van der Waals surface area contributed by atoms with E-state index in [0.29, 0.717) is 22.2 Å². The zero-order valence-corrected chi connectivity index (χ0v) is 15.2. The number of anilines is 1. The maximum absolute atomic E-state index is 12.2. The highest BCUT2D eigenvalue weighted by Gasteiger charge is 2.31. The molecule has 1 heterocycles. The van der Waals surface area contributed by atoms with Gasteiger partial charge in [-0.2, -0.15) is 0 Å². The lowest BCUT2D eigenvalue weighted by Gasteiger charge is -2.25. The zero-order chi connectivity index (χ0) is 18.7. The molecule has 6 nitrogen and oxygen atoms in total. The van der Waals surface area contributed by atoms with Gasteiger partial charge in [-0.15, -0.1) is 0 Å². The third-order valence-corrected chi connectivity index (χ3v) is 4.46. The summed E-state index contributed by atoms with van der Waals surface area (Å²) in [7, 11) is 0. The number of esters is 1. The molecule has 0 aromatic heterocycles. The fourth-order valence-electron chi connectivity index (χ4n) is 2.27. The van der Waals surface area contributed by atoms with Crippen LogP contribution in [0.25, 0.3) is 0 Å². The van der Waals surface area contributed by atoms with Crippen molar-refractivity contribution in [1.29, 1.82) is 0 Å². The van der Waals surface area contributed by atoms with Crippen molar-refractivity contribution < 1.29 is 23.8 Å². The fraction of sp³-hybridized carbons (Fsp3) is 0.222. The number of amides is 1. The standard InChI is InChI=1S/C18H15Cl2NO5/c1-10(17(22)21-12-6-4-5-11(19)16(12)20)25-18(23)15-9-24-13-7-2-3-8-14(13)26-15/h2-8,10,15H,9H2,1H3,(H,21,22). The summed E-state index contributed by atoms with van der Waals surface area (Å²) in [5.41, 5.74) is 0.332. The van der Waals surface area contributed by atoms with Gasteiger partial charge in [0.25, 0.3) is 5.91 Å². The van der Waals surface area contributed by atoms with Gasteiger partial charge in [-0.25, -0.2) is 4.79 Å². The number of ether oxygens (including phenoxy) is 3. The highest BCUT2D eigenvalue weighted by atomic mass is 35.5. The van der Waals surface area contributed by atoms with E-state index in [4.69, 9.17) is 37.4 Å². The molecule has 2 aromatic carbocycles. The predicted octanol–water partition coefficient (Wildman–Crippen LogP) is 3.70. The summed E-state index contributed by atoms with van der Waals surface area (Å²) in [6.07, 6.45) is -2.01. The Morgan fingerprint density at radius 1 is 1.15 bits per heavy atom. The van der Waals surface area contributed by atoms with E-state index >= 15 is 0 Å². The Morgan fingerprint density at radius 3 is 2.65 bits per heavy atom. The number of carbonyl (C=O) groups excluding carboxylic acids is 2. The molecule has 1 N–H and O–H groups in total. The lowest BCUT2D eigenvalue weighted by Crippen LogP contribution is -2.41. The van der Waals surface area contributed by atoms with Crippen LogP contribution in [-0.2, 0) is 14.3 Å². The molecule has 136 valence electrons. The van der Waals surface area contributed by atoms with E-state index < -0.39 is 24.1 Å². The van der Waals surface area contributed by atoms with Crippen molar-refractivity contribution in [1.82, 2.24) is 0 Å². The number of carbonyl (C=O) groups is 2. The number of hydrogen-bond acceptors (Lipinski definition) is 5. The van der Waals surface area contributed by atoms with Gasteiger partial charge in [0.1, 0.15) is 6.61 Å². The maximum Gasteiger partial charge on any atom is 0.351 e. The van der Waals surface area contributed by atoms with Gasteiger partial charge in [-0.3, -0.25) is 4.79 Å². The predicted molar refractivity (Wildman–Crippen MR) is 97.0 cm³/mol. The topological polar surface area (TPSA) is 73.9 Å². The van der Waals surface area contributed by atoms with E-state index in [1.54, 1.807) is 42.5 Å². The number of benzene rings is 2. The van der Waals surface area contributed by atoms with Gasteiger partial charge in [0.2, 0.25) is 6.10 Å². The zero-order valence-electron chi connectivity index (χ0n) is 13.7. The number of rotatable bonds is 4. The van der Waals surface area contributed by atoms with Crippen LogP contribution in [0.15, 0.2) is 42.5 Å². The highest BCUT2D eigenvalue weighted by Crippen LogP contribution is 2.31. The first-order chi connectivity index (χ1) is 12.5. The second-order valence-corrected chi connectivity index (χ2v) is 6.32. The number of fused-ring (bicyclic) bond motifs is 1. The minimum Gasteiger partial charge on any atom is -0.485 e. The largest absolute Gasteiger partial charge is 0.485 e. The van der Waals surface area contributed by atoms with Gasteiger partial charge in [0.05, 0.1) is 15.7 Å². The first kappa shape index (κ1) is 18.4. The Hall–Kier alpha value is -2.44. The van der Waals surface area contributed by atoms with Crippen molar-refractivity contribution in [2.75, 3.05) is 11.9 Å². The van der Waals surface area contributed by atoms with Crippen LogP contribution in [0.3, 0.4) is 0 Å². The molecule has 1 amide bonds. The number of para-hydroxylation sites is 2. The summed E-state index contributed by atoms with van der Waals surface area (Å²) in [6, 6.07) is 11.8. The Labute approximate surface area is 159 Å². The molecule has 0 saturated heterocycles. The van der Waals surface area contributed by atoms with Crippen molar-refractivity contribution >= 4 is 40.8 Å². The Morgan fingerprint density at radius 2 is 1.88 bits per heavy atom. The maximum atomic E-state index is 12.2. The molecular formula is C18H15Cl2NO5. The summed E-state index contributed by atoms with van der Waals surface area (Å²) in [5.74, 6) is -0.236. The van der Waals surface area contributed by atoms with Crippen LogP contribution < -0.4 is 14.8 Å². The number of hydrogen-bond donors (Lipinski definition) is 1. The average Bonchev–Trinajstić information content (AvgIpc) is 2.64. The van der Waals surface area contributed by atoms with Gasteiger partial charge in [0.15, 0.2) is 17.6 Å². The number of nitrogens with one attached hydrogen (secondary N) is 1. The van der Waals surface area contributed by atoms with E-state index in [1.807, 2.05) is 0 Å². The molecule has 2 unspecified atom stereocenters. The second kappa shape index (κ2) is 7.85. The van der Waals surface area contributed by atoms with Crippen molar-refractivity contribution in [2.45, 2.75) is 19.1 Å². The molecule has 1 aliphatic heterocycles. The first-order valence-electron chi connectivity index (χ1n) is 7.79. The third-order valence-electron chi connectivity index (χ3n) is 3.64. The Bertz CT molecular complexity index is 842.